The van der Waals surface area contributed by atoms with E-state index in [2.05, 4.69) is 10.3 Å². The highest BCUT2D eigenvalue weighted by atomic mass is 35.5. The number of pyridine rings is 1. The Morgan fingerprint density at radius 1 is 1.19 bits per heavy atom. The highest BCUT2D eigenvalue weighted by molar-refractivity contribution is 6.31. The SMILES string of the molecule is CC(=O)N(CC(=O)Nc1ccc(F)c(Cl)c1)c1cccc2cccnc12. The number of fused-ring (bicyclic) bond motifs is 1. The van der Waals surface area contributed by atoms with Crippen molar-refractivity contribution in [2.24, 2.45) is 0 Å². The number of hydrogen-bond acceptors (Lipinski definition) is 3. The van der Waals surface area contributed by atoms with Crippen LogP contribution < -0.4 is 10.2 Å². The van der Waals surface area contributed by atoms with Gasteiger partial charge in [-0.2, -0.15) is 0 Å². The molecule has 3 aromatic rings. The minimum Gasteiger partial charge on any atom is -0.324 e. The van der Waals surface area contributed by atoms with E-state index in [1.165, 1.54) is 24.0 Å². The highest BCUT2D eigenvalue weighted by Gasteiger charge is 2.19. The summed E-state index contributed by atoms with van der Waals surface area (Å²) in [6.07, 6.45) is 1.63. The molecule has 26 heavy (non-hydrogen) atoms. The number of carbonyl (C=O) groups is 2. The lowest BCUT2D eigenvalue weighted by Gasteiger charge is -2.22. The fourth-order valence-electron chi connectivity index (χ4n) is 2.59. The van der Waals surface area contributed by atoms with Gasteiger partial charge in [-0.05, 0) is 30.3 Å². The number of aromatic nitrogens is 1. The van der Waals surface area contributed by atoms with E-state index in [0.29, 0.717) is 16.9 Å². The molecule has 3 rings (SSSR count). The van der Waals surface area contributed by atoms with Gasteiger partial charge in [0.1, 0.15) is 12.4 Å². The number of hydrogen-bond donors (Lipinski definition) is 1. The fourth-order valence-corrected chi connectivity index (χ4v) is 2.77. The lowest BCUT2D eigenvalue weighted by Crippen LogP contribution is -2.36. The molecule has 1 heterocycles. The minimum atomic E-state index is -0.572. The second kappa shape index (κ2) is 7.49. The smallest absolute Gasteiger partial charge is 0.244 e. The van der Waals surface area contributed by atoms with Crippen molar-refractivity contribution in [3.8, 4) is 0 Å². The molecule has 0 saturated heterocycles. The quantitative estimate of drug-likeness (QED) is 0.753. The second-order valence-corrected chi connectivity index (χ2v) is 6.04. The molecule has 7 heteroatoms. The molecule has 132 valence electrons. The van der Waals surface area contributed by atoms with E-state index in [-0.39, 0.29) is 17.5 Å². The topological polar surface area (TPSA) is 62.3 Å². The maximum absolute atomic E-state index is 13.2. The van der Waals surface area contributed by atoms with Crippen molar-refractivity contribution in [2.45, 2.75) is 6.92 Å². The summed E-state index contributed by atoms with van der Waals surface area (Å²) in [5.41, 5.74) is 1.52. The third-order valence-corrected chi connectivity index (χ3v) is 4.08. The third-order valence-electron chi connectivity index (χ3n) is 3.79. The predicted octanol–water partition coefficient (Wildman–Crippen LogP) is 4.02. The average molecular weight is 372 g/mol. The van der Waals surface area contributed by atoms with Crippen molar-refractivity contribution in [3.63, 3.8) is 0 Å². The van der Waals surface area contributed by atoms with Gasteiger partial charge in [0, 0.05) is 24.2 Å². The summed E-state index contributed by atoms with van der Waals surface area (Å²) in [6, 6.07) is 13.0. The predicted molar refractivity (Wildman–Crippen MR) is 99.8 cm³/mol. The van der Waals surface area contributed by atoms with Crippen LogP contribution in [-0.2, 0) is 9.59 Å². The normalized spacial score (nSPS) is 10.6. The minimum absolute atomic E-state index is 0.0931. The molecule has 0 spiro atoms. The van der Waals surface area contributed by atoms with Crippen LogP contribution in [0.1, 0.15) is 6.92 Å². The Hall–Kier alpha value is -2.99. The van der Waals surface area contributed by atoms with E-state index in [1.807, 2.05) is 12.1 Å². The van der Waals surface area contributed by atoms with E-state index in [9.17, 15) is 14.0 Å². The van der Waals surface area contributed by atoms with E-state index in [1.54, 1.807) is 24.4 Å². The molecule has 0 unspecified atom stereocenters. The van der Waals surface area contributed by atoms with Crippen molar-refractivity contribution in [1.82, 2.24) is 4.98 Å². The molecule has 0 aliphatic carbocycles. The Morgan fingerprint density at radius 2 is 1.96 bits per heavy atom. The number of nitrogens with zero attached hydrogens (tertiary/aromatic N) is 2. The van der Waals surface area contributed by atoms with Gasteiger partial charge in [0.05, 0.1) is 16.2 Å². The summed E-state index contributed by atoms with van der Waals surface area (Å²) < 4.78 is 13.2. The van der Waals surface area contributed by atoms with E-state index in [4.69, 9.17) is 11.6 Å². The van der Waals surface area contributed by atoms with Crippen LogP contribution in [0.2, 0.25) is 5.02 Å². The maximum Gasteiger partial charge on any atom is 0.244 e. The molecule has 0 atom stereocenters. The molecule has 2 amide bonds. The maximum atomic E-state index is 13.2. The van der Waals surface area contributed by atoms with Gasteiger partial charge >= 0.3 is 0 Å². The van der Waals surface area contributed by atoms with Crippen molar-refractivity contribution < 1.29 is 14.0 Å². The number of amides is 2. The van der Waals surface area contributed by atoms with Gasteiger partial charge in [0.25, 0.3) is 0 Å². The molecule has 0 saturated carbocycles. The molecule has 5 nitrogen and oxygen atoms in total. The first-order chi connectivity index (χ1) is 12.5. The van der Waals surface area contributed by atoms with Crippen LogP contribution in [-0.4, -0.2) is 23.3 Å². The van der Waals surface area contributed by atoms with Crippen LogP contribution >= 0.6 is 11.6 Å². The largest absolute Gasteiger partial charge is 0.324 e. The second-order valence-electron chi connectivity index (χ2n) is 5.63. The molecule has 0 fully saturated rings. The van der Waals surface area contributed by atoms with E-state index < -0.39 is 11.7 Å². The monoisotopic (exact) mass is 371 g/mol. The van der Waals surface area contributed by atoms with Crippen molar-refractivity contribution in [2.75, 3.05) is 16.8 Å². The molecule has 2 aromatic carbocycles. The van der Waals surface area contributed by atoms with Crippen molar-refractivity contribution in [1.29, 1.82) is 0 Å². The number of nitrogens with one attached hydrogen (secondary N) is 1. The van der Waals surface area contributed by atoms with Crippen LogP contribution in [0.4, 0.5) is 15.8 Å². The van der Waals surface area contributed by atoms with Gasteiger partial charge < -0.3 is 10.2 Å². The molecule has 1 aromatic heterocycles. The van der Waals surface area contributed by atoms with Crippen LogP contribution in [0, 0.1) is 5.82 Å². The van der Waals surface area contributed by atoms with Gasteiger partial charge in [-0.15, -0.1) is 0 Å². The summed E-state index contributed by atoms with van der Waals surface area (Å²) >= 11 is 5.72. The molecular formula is C19H15ClFN3O2. The van der Waals surface area contributed by atoms with Gasteiger partial charge in [0.15, 0.2) is 0 Å². The van der Waals surface area contributed by atoms with Crippen LogP contribution in [0.3, 0.4) is 0 Å². The number of carbonyl (C=O) groups excluding carboxylic acids is 2. The van der Waals surface area contributed by atoms with Gasteiger partial charge in [-0.1, -0.05) is 29.8 Å². The van der Waals surface area contributed by atoms with Crippen molar-refractivity contribution in [3.05, 3.63) is 65.6 Å². The zero-order chi connectivity index (χ0) is 18.7. The van der Waals surface area contributed by atoms with Gasteiger partial charge in [-0.25, -0.2) is 4.39 Å². The first-order valence-electron chi connectivity index (χ1n) is 7.82. The summed E-state index contributed by atoms with van der Waals surface area (Å²) in [7, 11) is 0. The first-order valence-corrected chi connectivity index (χ1v) is 8.20. The summed E-state index contributed by atoms with van der Waals surface area (Å²) in [5.74, 6) is -1.30. The standard InChI is InChI=1S/C19H15ClFN3O2/c1-12(25)24(17-6-2-4-13-5-3-9-22-19(13)17)11-18(26)23-14-7-8-16(21)15(20)10-14/h2-10H,11H2,1H3,(H,23,26). The van der Waals surface area contributed by atoms with Crippen LogP contribution in [0.15, 0.2) is 54.7 Å². The Bertz CT molecular complexity index is 988. The van der Waals surface area contributed by atoms with Crippen LogP contribution in [0.25, 0.3) is 10.9 Å². The Balaban J connectivity index is 1.85. The van der Waals surface area contributed by atoms with Gasteiger partial charge in [-0.3, -0.25) is 14.6 Å². The molecule has 1 N–H and O–H groups in total. The van der Waals surface area contributed by atoms with E-state index >= 15 is 0 Å². The van der Waals surface area contributed by atoms with Crippen molar-refractivity contribution >= 4 is 45.7 Å². The average Bonchev–Trinajstić information content (AvgIpc) is 2.62. The van der Waals surface area contributed by atoms with Gasteiger partial charge in [0.2, 0.25) is 11.8 Å². The molecule has 0 radical (unpaired) electrons. The molecule has 0 aliphatic rings. The molecule has 0 aliphatic heterocycles. The molecular weight excluding hydrogens is 357 g/mol. The summed E-state index contributed by atoms with van der Waals surface area (Å²) in [5, 5.41) is 3.38. The number of halogens is 2. The fraction of sp³-hybridized carbons (Fsp3) is 0.105. The molecule has 0 bridgehead atoms. The number of rotatable bonds is 4. The zero-order valence-corrected chi connectivity index (χ0v) is 14.6. The summed E-state index contributed by atoms with van der Waals surface area (Å²) in [6.45, 7) is 1.17. The number of benzene rings is 2. The van der Waals surface area contributed by atoms with E-state index in [0.717, 1.165) is 11.5 Å². The Labute approximate surface area is 154 Å². The Morgan fingerprint density at radius 3 is 2.69 bits per heavy atom. The lowest BCUT2D eigenvalue weighted by molar-refractivity contribution is -0.120. The first kappa shape index (κ1) is 17.8. The van der Waals surface area contributed by atoms with Crippen LogP contribution in [0.5, 0.6) is 0 Å². The third kappa shape index (κ3) is 3.81. The summed E-state index contributed by atoms with van der Waals surface area (Å²) in [4.78, 5) is 30.1. The Kier molecular flexibility index (Phi) is 5.14. The number of para-hydroxylation sites is 1. The highest BCUT2D eigenvalue weighted by Crippen LogP contribution is 2.25. The number of anilines is 2. The zero-order valence-electron chi connectivity index (χ0n) is 13.9. The lowest BCUT2D eigenvalue weighted by atomic mass is 10.1.